The molecule has 1 saturated heterocycles. The maximum Gasteiger partial charge on any atom is 0.253 e. The number of likely N-dealkylation sites (tertiary alicyclic amines) is 1. The van der Waals surface area contributed by atoms with E-state index in [0.717, 1.165) is 23.0 Å². The average Bonchev–Trinajstić information content (AvgIpc) is 3.04. The van der Waals surface area contributed by atoms with Crippen molar-refractivity contribution in [2.75, 3.05) is 26.7 Å². The maximum atomic E-state index is 12.8. The van der Waals surface area contributed by atoms with Crippen LogP contribution < -0.4 is 0 Å². The highest BCUT2D eigenvalue weighted by Crippen LogP contribution is 2.20. The summed E-state index contributed by atoms with van der Waals surface area (Å²) in [6, 6.07) is 7.93. The van der Waals surface area contributed by atoms with Crippen molar-refractivity contribution >= 4 is 21.8 Å². The van der Waals surface area contributed by atoms with Crippen molar-refractivity contribution in [2.45, 2.75) is 39.2 Å². The molecule has 2 atom stereocenters. The molecular weight excluding hydrogens is 340 g/mol. The van der Waals surface area contributed by atoms with Gasteiger partial charge in [-0.1, -0.05) is 36.2 Å². The zero-order valence-electron chi connectivity index (χ0n) is 13.9. The molecule has 0 bridgehead atoms. The Balaban J connectivity index is 2.10. The summed E-state index contributed by atoms with van der Waals surface area (Å²) >= 11 is 3.42. The van der Waals surface area contributed by atoms with Crippen molar-refractivity contribution in [3.8, 4) is 0 Å². The molecule has 0 aromatic heterocycles. The Morgan fingerprint density at radius 3 is 2.41 bits per heavy atom. The summed E-state index contributed by atoms with van der Waals surface area (Å²) in [5, 5.41) is 0. The van der Waals surface area contributed by atoms with E-state index in [9.17, 15) is 4.79 Å². The van der Waals surface area contributed by atoms with E-state index in [-0.39, 0.29) is 11.9 Å². The first-order chi connectivity index (χ1) is 10.5. The van der Waals surface area contributed by atoms with Crippen molar-refractivity contribution in [2.24, 2.45) is 5.92 Å². The Morgan fingerprint density at radius 2 is 1.86 bits per heavy atom. The van der Waals surface area contributed by atoms with Gasteiger partial charge in [0.15, 0.2) is 0 Å². The average molecular weight is 367 g/mol. The molecule has 3 nitrogen and oxygen atoms in total. The summed E-state index contributed by atoms with van der Waals surface area (Å²) in [6.45, 7) is 7.81. The largest absolute Gasteiger partial charge is 0.337 e. The second-order valence-corrected chi connectivity index (χ2v) is 7.30. The van der Waals surface area contributed by atoms with E-state index in [4.69, 9.17) is 0 Å². The van der Waals surface area contributed by atoms with Gasteiger partial charge in [-0.2, -0.15) is 0 Å². The third-order valence-electron chi connectivity index (χ3n) is 4.85. The minimum atomic E-state index is 0.122. The Labute approximate surface area is 142 Å². The predicted octanol–water partition coefficient (Wildman–Crippen LogP) is 4.03. The summed E-state index contributed by atoms with van der Waals surface area (Å²) in [4.78, 5) is 17.2. The number of carbonyl (C=O) groups excluding carboxylic acids is 1. The summed E-state index contributed by atoms with van der Waals surface area (Å²) < 4.78 is 1.00. The molecule has 1 heterocycles. The van der Waals surface area contributed by atoms with Gasteiger partial charge >= 0.3 is 0 Å². The van der Waals surface area contributed by atoms with Crippen molar-refractivity contribution in [3.63, 3.8) is 0 Å². The number of hydrogen-bond donors (Lipinski definition) is 0. The second-order valence-electron chi connectivity index (χ2n) is 6.38. The third kappa shape index (κ3) is 4.32. The fraction of sp³-hybridized carbons (Fsp3) is 0.611. The number of amides is 1. The van der Waals surface area contributed by atoms with Gasteiger partial charge in [-0.15, -0.1) is 0 Å². The van der Waals surface area contributed by atoms with Crippen LogP contribution >= 0.6 is 15.9 Å². The van der Waals surface area contributed by atoms with Crippen LogP contribution in [0.3, 0.4) is 0 Å². The molecule has 1 fully saturated rings. The first kappa shape index (κ1) is 17.5. The molecule has 1 amide bonds. The summed E-state index contributed by atoms with van der Waals surface area (Å²) in [6.07, 6.45) is 3.67. The van der Waals surface area contributed by atoms with Gasteiger partial charge in [0, 0.05) is 29.7 Å². The molecule has 0 saturated carbocycles. The fourth-order valence-corrected chi connectivity index (χ4v) is 3.40. The van der Waals surface area contributed by atoms with E-state index in [0.29, 0.717) is 5.92 Å². The van der Waals surface area contributed by atoms with Crippen LogP contribution in [0.25, 0.3) is 0 Å². The van der Waals surface area contributed by atoms with E-state index in [1.807, 2.05) is 36.2 Å². The number of halogens is 1. The quantitative estimate of drug-likeness (QED) is 0.758. The first-order valence-electron chi connectivity index (χ1n) is 8.28. The fourth-order valence-electron chi connectivity index (χ4n) is 3.13. The number of carbonyl (C=O) groups is 1. The molecule has 0 spiro atoms. The van der Waals surface area contributed by atoms with Crippen LogP contribution in [0.5, 0.6) is 0 Å². The molecule has 1 aliphatic rings. The molecule has 22 heavy (non-hydrogen) atoms. The van der Waals surface area contributed by atoms with E-state index in [1.54, 1.807) is 0 Å². The van der Waals surface area contributed by atoms with Crippen molar-refractivity contribution in [1.29, 1.82) is 0 Å². The Morgan fingerprint density at radius 1 is 1.27 bits per heavy atom. The molecule has 1 aromatic carbocycles. The minimum Gasteiger partial charge on any atom is -0.337 e. The highest BCUT2D eigenvalue weighted by molar-refractivity contribution is 9.10. The van der Waals surface area contributed by atoms with Gasteiger partial charge < -0.3 is 9.80 Å². The molecule has 2 rings (SSSR count). The third-order valence-corrected chi connectivity index (χ3v) is 5.38. The number of benzene rings is 1. The molecule has 122 valence electrons. The molecule has 1 aromatic rings. The Kier molecular flexibility index (Phi) is 6.45. The Hall–Kier alpha value is -0.870. The van der Waals surface area contributed by atoms with Crippen LogP contribution in [0.15, 0.2) is 28.7 Å². The van der Waals surface area contributed by atoms with Gasteiger partial charge in [-0.3, -0.25) is 4.79 Å². The predicted molar refractivity (Wildman–Crippen MR) is 95.2 cm³/mol. The standard InChI is InChI=1S/C18H27BrN2O/c1-4-14(2)17(13-21-11-5-6-12-21)20(3)18(22)15-7-9-16(19)10-8-15/h7-10,14,17H,4-6,11-13H2,1-3H3/t14-,17+/m0/s1. The Bertz CT molecular complexity index is 482. The molecule has 0 unspecified atom stereocenters. The van der Waals surface area contributed by atoms with Crippen molar-refractivity contribution < 1.29 is 4.79 Å². The SMILES string of the molecule is CC[C@H](C)[C@@H](CN1CCCC1)N(C)C(=O)c1ccc(Br)cc1. The van der Waals surface area contributed by atoms with Crippen molar-refractivity contribution in [1.82, 2.24) is 9.80 Å². The maximum absolute atomic E-state index is 12.8. The van der Waals surface area contributed by atoms with E-state index >= 15 is 0 Å². The molecular formula is C18H27BrN2O. The van der Waals surface area contributed by atoms with E-state index < -0.39 is 0 Å². The van der Waals surface area contributed by atoms with Crippen LogP contribution in [0.4, 0.5) is 0 Å². The van der Waals surface area contributed by atoms with Crippen LogP contribution in [-0.4, -0.2) is 48.4 Å². The van der Waals surface area contributed by atoms with Crippen LogP contribution in [-0.2, 0) is 0 Å². The highest BCUT2D eigenvalue weighted by atomic mass is 79.9. The molecule has 0 aliphatic carbocycles. The zero-order valence-corrected chi connectivity index (χ0v) is 15.5. The minimum absolute atomic E-state index is 0.122. The van der Waals surface area contributed by atoms with Gasteiger partial charge in [-0.25, -0.2) is 0 Å². The first-order valence-corrected chi connectivity index (χ1v) is 9.07. The highest BCUT2D eigenvalue weighted by Gasteiger charge is 2.28. The molecule has 0 radical (unpaired) electrons. The lowest BCUT2D eigenvalue weighted by molar-refractivity contribution is 0.0627. The second kappa shape index (κ2) is 8.11. The molecule has 1 aliphatic heterocycles. The molecule has 0 N–H and O–H groups in total. The van der Waals surface area contributed by atoms with Gasteiger partial charge in [-0.05, 0) is 56.1 Å². The topological polar surface area (TPSA) is 23.6 Å². The number of hydrogen-bond acceptors (Lipinski definition) is 2. The van der Waals surface area contributed by atoms with Gasteiger partial charge in [0.25, 0.3) is 5.91 Å². The lowest BCUT2D eigenvalue weighted by Crippen LogP contribution is -2.47. The van der Waals surface area contributed by atoms with Gasteiger partial charge in [0.05, 0.1) is 0 Å². The zero-order chi connectivity index (χ0) is 16.1. The number of nitrogens with zero attached hydrogens (tertiary/aromatic N) is 2. The number of rotatable bonds is 6. The summed E-state index contributed by atoms with van der Waals surface area (Å²) in [7, 11) is 1.96. The summed E-state index contributed by atoms with van der Waals surface area (Å²) in [5.41, 5.74) is 0.764. The molecule has 4 heteroatoms. The van der Waals surface area contributed by atoms with Crippen molar-refractivity contribution in [3.05, 3.63) is 34.3 Å². The van der Waals surface area contributed by atoms with Crippen LogP contribution in [0, 0.1) is 5.92 Å². The van der Waals surface area contributed by atoms with Gasteiger partial charge in [0.2, 0.25) is 0 Å². The summed E-state index contributed by atoms with van der Waals surface area (Å²) in [5.74, 6) is 0.627. The van der Waals surface area contributed by atoms with E-state index in [1.165, 1.54) is 25.9 Å². The van der Waals surface area contributed by atoms with E-state index in [2.05, 4.69) is 34.7 Å². The number of likely N-dealkylation sites (N-methyl/N-ethyl adjacent to an activating group) is 1. The lowest BCUT2D eigenvalue weighted by Gasteiger charge is -2.35. The van der Waals surface area contributed by atoms with Gasteiger partial charge in [0.1, 0.15) is 0 Å². The van der Waals surface area contributed by atoms with Crippen LogP contribution in [0.2, 0.25) is 0 Å². The lowest BCUT2D eigenvalue weighted by atomic mass is 9.96. The normalized spacial score (nSPS) is 18.2. The smallest absolute Gasteiger partial charge is 0.253 e. The monoisotopic (exact) mass is 366 g/mol. The van der Waals surface area contributed by atoms with Crippen LogP contribution in [0.1, 0.15) is 43.5 Å².